The van der Waals surface area contributed by atoms with Gasteiger partial charge in [0.15, 0.2) is 5.69 Å². The molecule has 1 aromatic rings. The van der Waals surface area contributed by atoms with Gasteiger partial charge in [0.2, 0.25) is 0 Å². The fraction of sp³-hybridized carbons (Fsp3) is 0.667. The predicted molar refractivity (Wildman–Crippen MR) is 48.3 cm³/mol. The van der Waals surface area contributed by atoms with E-state index in [4.69, 9.17) is 4.74 Å². The summed E-state index contributed by atoms with van der Waals surface area (Å²) in [6.45, 7) is 1.10. The van der Waals surface area contributed by atoms with E-state index in [2.05, 4.69) is 5.10 Å². The maximum Gasteiger partial charge on any atom is 0.435 e. The first-order valence-electron chi connectivity index (χ1n) is 4.63. The Balaban J connectivity index is 2.40. The van der Waals surface area contributed by atoms with Gasteiger partial charge in [-0.3, -0.25) is 4.68 Å². The smallest absolute Gasteiger partial charge is 0.385 e. The quantitative estimate of drug-likeness (QED) is 0.715. The fourth-order valence-corrected chi connectivity index (χ4v) is 1.16. The number of alkyl halides is 3. The second kappa shape index (κ2) is 5.16. The van der Waals surface area contributed by atoms with Gasteiger partial charge in [-0.25, -0.2) is 0 Å². The van der Waals surface area contributed by atoms with E-state index in [-0.39, 0.29) is 0 Å². The molecule has 1 heterocycles. The number of aryl methyl sites for hydroxylation is 1. The number of nitrogens with zero attached hydrogens (tertiary/aromatic N) is 2. The van der Waals surface area contributed by atoms with E-state index in [9.17, 15) is 13.2 Å². The molecule has 15 heavy (non-hydrogen) atoms. The second-order valence-corrected chi connectivity index (χ2v) is 3.16. The van der Waals surface area contributed by atoms with Crippen LogP contribution in [0.15, 0.2) is 12.3 Å². The average Bonchev–Trinajstić information content (AvgIpc) is 2.60. The van der Waals surface area contributed by atoms with E-state index >= 15 is 0 Å². The number of ether oxygens (including phenoxy) is 1. The highest BCUT2D eigenvalue weighted by Gasteiger charge is 2.33. The second-order valence-electron chi connectivity index (χ2n) is 3.16. The number of hydrogen-bond donors (Lipinski definition) is 0. The van der Waals surface area contributed by atoms with Gasteiger partial charge in [-0.15, -0.1) is 0 Å². The Kier molecular flexibility index (Phi) is 4.14. The van der Waals surface area contributed by atoms with E-state index in [1.807, 2.05) is 0 Å². The lowest BCUT2D eigenvalue weighted by atomic mass is 10.3. The summed E-state index contributed by atoms with van der Waals surface area (Å²) in [4.78, 5) is 0. The van der Waals surface area contributed by atoms with Crippen LogP contribution in [0.2, 0.25) is 0 Å². The van der Waals surface area contributed by atoms with Crippen LogP contribution < -0.4 is 0 Å². The van der Waals surface area contributed by atoms with Crippen molar-refractivity contribution in [3.05, 3.63) is 18.0 Å². The van der Waals surface area contributed by atoms with Gasteiger partial charge in [-0.2, -0.15) is 18.3 Å². The lowest BCUT2D eigenvalue weighted by Gasteiger charge is -2.02. The van der Waals surface area contributed by atoms with Crippen molar-refractivity contribution in [2.24, 2.45) is 0 Å². The van der Waals surface area contributed by atoms with Crippen molar-refractivity contribution in [2.75, 3.05) is 13.7 Å². The summed E-state index contributed by atoms with van der Waals surface area (Å²) in [7, 11) is 1.59. The first-order chi connectivity index (χ1) is 7.04. The zero-order valence-electron chi connectivity index (χ0n) is 8.42. The predicted octanol–water partition coefficient (Wildman–Crippen LogP) is 2.33. The molecule has 1 rings (SSSR count). The monoisotopic (exact) mass is 222 g/mol. The summed E-state index contributed by atoms with van der Waals surface area (Å²) in [6, 6.07) is 0.982. The molecule has 0 saturated carbocycles. The van der Waals surface area contributed by atoms with Crippen LogP contribution in [0.1, 0.15) is 18.5 Å². The molecule has 86 valence electrons. The Labute approximate surface area is 85.8 Å². The number of hydrogen-bond acceptors (Lipinski definition) is 2. The molecule has 0 fully saturated rings. The molecule has 0 amide bonds. The number of halogens is 3. The van der Waals surface area contributed by atoms with Crippen molar-refractivity contribution in [1.29, 1.82) is 0 Å². The highest BCUT2D eigenvalue weighted by molar-refractivity contribution is 5.02. The first kappa shape index (κ1) is 12.0. The van der Waals surface area contributed by atoms with Gasteiger partial charge in [0.05, 0.1) is 0 Å². The standard InChI is InChI=1S/C9H13F3N2O/c1-15-7-3-2-5-14-6-4-8(13-14)9(10,11)12/h4,6H,2-3,5,7H2,1H3. The lowest BCUT2D eigenvalue weighted by Crippen LogP contribution is -2.08. The fourth-order valence-electron chi connectivity index (χ4n) is 1.16. The largest absolute Gasteiger partial charge is 0.435 e. The highest BCUT2D eigenvalue weighted by Crippen LogP contribution is 2.27. The number of methoxy groups -OCH3 is 1. The SMILES string of the molecule is COCCCCn1ccc(C(F)(F)F)n1. The molecule has 0 aliphatic heterocycles. The molecular weight excluding hydrogens is 209 g/mol. The van der Waals surface area contributed by atoms with Crippen LogP contribution in [0.25, 0.3) is 0 Å². The molecule has 0 bridgehead atoms. The molecule has 0 N–H and O–H groups in total. The van der Waals surface area contributed by atoms with Crippen LogP contribution in [0.5, 0.6) is 0 Å². The average molecular weight is 222 g/mol. The van der Waals surface area contributed by atoms with Crippen molar-refractivity contribution in [3.8, 4) is 0 Å². The zero-order valence-corrected chi connectivity index (χ0v) is 8.42. The van der Waals surface area contributed by atoms with Crippen molar-refractivity contribution in [2.45, 2.75) is 25.6 Å². The Morgan fingerprint density at radius 1 is 1.40 bits per heavy atom. The summed E-state index contributed by atoms with van der Waals surface area (Å²) in [6.07, 6.45) is -1.43. The molecule has 0 aliphatic carbocycles. The molecule has 0 atom stereocenters. The van der Waals surface area contributed by atoms with Gasteiger partial charge in [-0.05, 0) is 18.9 Å². The van der Waals surface area contributed by atoms with Crippen LogP contribution >= 0.6 is 0 Å². The van der Waals surface area contributed by atoms with E-state index in [1.165, 1.54) is 10.9 Å². The van der Waals surface area contributed by atoms with Crippen molar-refractivity contribution in [1.82, 2.24) is 9.78 Å². The maximum absolute atomic E-state index is 12.1. The maximum atomic E-state index is 12.1. The molecule has 0 aromatic carbocycles. The van der Waals surface area contributed by atoms with Gasteiger partial charge >= 0.3 is 6.18 Å². The summed E-state index contributed by atoms with van der Waals surface area (Å²) in [5.41, 5.74) is -0.839. The third-order valence-corrected chi connectivity index (χ3v) is 1.92. The Hall–Kier alpha value is -1.04. The van der Waals surface area contributed by atoms with Crippen LogP contribution in [-0.2, 0) is 17.5 Å². The van der Waals surface area contributed by atoms with Gasteiger partial charge in [0.25, 0.3) is 0 Å². The van der Waals surface area contributed by atoms with E-state index in [1.54, 1.807) is 7.11 Å². The number of rotatable bonds is 5. The van der Waals surface area contributed by atoms with Crippen LogP contribution in [0, 0.1) is 0 Å². The third kappa shape index (κ3) is 3.91. The topological polar surface area (TPSA) is 27.1 Å². The molecule has 3 nitrogen and oxygen atoms in total. The molecule has 0 aliphatic rings. The molecule has 0 unspecified atom stereocenters. The summed E-state index contributed by atoms with van der Waals surface area (Å²) in [5.74, 6) is 0. The summed E-state index contributed by atoms with van der Waals surface area (Å²) < 4.78 is 42.6. The Morgan fingerprint density at radius 3 is 2.67 bits per heavy atom. The minimum absolute atomic E-state index is 0.486. The lowest BCUT2D eigenvalue weighted by molar-refractivity contribution is -0.141. The van der Waals surface area contributed by atoms with Gasteiger partial charge in [-0.1, -0.05) is 0 Å². The van der Waals surface area contributed by atoms with E-state index in [0.717, 1.165) is 18.9 Å². The molecule has 0 spiro atoms. The molecule has 0 radical (unpaired) electrons. The minimum Gasteiger partial charge on any atom is -0.385 e. The van der Waals surface area contributed by atoms with Gasteiger partial charge in [0, 0.05) is 26.5 Å². The zero-order chi connectivity index (χ0) is 11.3. The van der Waals surface area contributed by atoms with E-state index < -0.39 is 11.9 Å². The van der Waals surface area contributed by atoms with Gasteiger partial charge in [0.1, 0.15) is 0 Å². The summed E-state index contributed by atoms with van der Waals surface area (Å²) >= 11 is 0. The van der Waals surface area contributed by atoms with Crippen molar-refractivity contribution < 1.29 is 17.9 Å². The number of unbranched alkanes of at least 4 members (excludes halogenated alkanes) is 1. The van der Waals surface area contributed by atoms with Crippen LogP contribution in [0.4, 0.5) is 13.2 Å². The highest BCUT2D eigenvalue weighted by atomic mass is 19.4. The summed E-state index contributed by atoms with van der Waals surface area (Å²) in [5, 5.41) is 3.43. The van der Waals surface area contributed by atoms with Crippen LogP contribution in [0.3, 0.4) is 0 Å². The van der Waals surface area contributed by atoms with Crippen molar-refractivity contribution in [3.63, 3.8) is 0 Å². The van der Waals surface area contributed by atoms with Crippen molar-refractivity contribution >= 4 is 0 Å². The molecule has 0 saturated heterocycles. The molecule has 6 heteroatoms. The van der Waals surface area contributed by atoms with E-state index in [0.29, 0.717) is 13.2 Å². The molecule has 1 aromatic heterocycles. The number of aromatic nitrogens is 2. The minimum atomic E-state index is -4.35. The van der Waals surface area contributed by atoms with Crippen LogP contribution in [-0.4, -0.2) is 23.5 Å². The Morgan fingerprint density at radius 2 is 2.13 bits per heavy atom. The third-order valence-electron chi connectivity index (χ3n) is 1.92. The van der Waals surface area contributed by atoms with Gasteiger partial charge < -0.3 is 4.74 Å². The Bertz CT molecular complexity index is 296. The first-order valence-corrected chi connectivity index (χ1v) is 4.63. The molecular formula is C9H13F3N2O. The normalized spacial score (nSPS) is 12.0.